The van der Waals surface area contributed by atoms with E-state index < -0.39 is 0 Å². The molecule has 0 amide bonds. The minimum absolute atomic E-state index is 0.238. The van der Waals surface area contributed by atoms with Crippen LogP contribution in [0, 0.1) is 0 Å². The summed E-state index contributed by atoms with van der Waals surface area (Å²) in [5, 5.41) is 3.57. The second kappa shape index (κ2) is 6.69. The zero-order valence-corrected chi connectivity index (χ0v) is 12.3. The number of hydrogen-bond acceptors (Lipinski definition) is 4. The molecule has 0 unspecified atom stereocenters. The molecule has 0 bridgehead atoms. The summed E-state index contributed by atoms with van der Waals surface area (Å²) >= 11 is 0. The van der Waals surface area contributed by atoms with Crippen LogP contribution in [-0.4, -0.2) is 87.2 Å². The molecule has 1 saturated heterocycles. The van der Waals surface area contributed by atoms with Gasteiger partial charge in [-0.3, -0.25) is 4.90 Å². The summed E-state index contributed by atoms with van der Waals surface area (Å²) < 4.78 is 0. The average Bonchev–Trinajstić information content (AvgIpc) is 2.26. The highest BCUT2D eigenvalue weighted by molar-refractivity contribution is 4.80. The number of piperazine rings is 1. The lowest BCUT2D eigenvalue weighted by Gasteiger charge is -2.34. The van der Waals surface area contributed by atoms with Gasteiger partial charge in [0.2, 0.25) is 0 Å². The van der Waals surface area contributed by atoms with Gasteiger partial charge in [-0.05, 0) is 35.0 Å². The second-order valence-electron chi connectivity index (χ2n) is 6.03. The number of nitrogens with one attached hydrogen (secondary N) is 1. The summed E-state index contributed by atoms with van der Waals surface area (Å²) in [6.45, 7) is 12.7. The molecule has 4 heteroatoms. The molecule has 1 N–H and O–H groups in total. The van der Waals surface area contributed by atoms with E-state index in [0.717, 1.165) is 13.1 Å². The van der Waals surface area contributed by atoms with Gasteiger partial charge in [0.25, 0.3) is 0 Å². The van der Waals surface area contributed by atoms with Crippen molar-refractivity contribution in [2.24, 2.45) is 0 Å². The molecule has 1 heterocycles. The van der Waals surface area contributed by atoms with Gasteiger partial charge in [0, 0.05) is 51.4 Å². The second-order valence-corrected chi connectivity index (χ2v) is 6.03. The van der Waals surface area contributed by atoms with Crippen molar-refractivity contribution in [3.05, 3.63) is 0 Å². The molecule has 1 aliphatic heterocycles. The molecule has 0 aromatic rings. The van der Waals surface area contributed by atoms with Gasteiger partial charge >= 0.3 is 0 Å². The molecule has 4 nitrogen and oxygen atoms in total. The molecule has 0 spiro atoms. The Balaban J connectivity index is 2.08. The Bertz CT molecular complexity index is 207. The Morgan fingerprint density at radius 1 is 1.12 bits per heavy atom. The van der Waals surface area contributed by atoms with Gasteiger partial charge in [-0.25, -0.2) is 0 Å². The smallest absolute Gasteiger partial charge is 0.0271 e. The van der Waals surface area contributed by atoms with Crippen molar-refractivity contribution in [1.29, 1.82) is 0 Å². The minimum Gasteiger partial charge on any atom is -0.314 e. The lowest BCUT2D eigenvalue weighted by molar-refractivity contribution is 0.149. The van der Waals surface area contributed by atoms with Crippen LogP contribution in [0.5, 0.6) is 0 Å². The van der Waals surface area contributed by atoms with Gasteiger partial charge in [-0.1, -0.05) is 0 Å². The predicted octanol–water partition coefficient (Wildman–Crippen LogP) is 0.164. The van der Waals surface area contributed by atoms with Gasteiger partial charge < -0.3 is 15.1 Å². The summed E-state index contributed by atoms with van der Waals surface area (Å²) in [7, 11) is 6.49. The number of nitrogens with zero attached hydrogens (tertiary/aromatic N) is 3. The highest BCUT2D eigenvalue weighted by atomic mass is 15.3. The fourth-order valence-electron chi connectivity index (χ4n) is 1.86. The van der Waals surface area contributed by atoms with E-state index in [1.54, 1.807) is 0 Å². The third-order valence-electron chi connectivity index (χ3n) is 3.97. The van der Waals surface area contributed by atoms with E-state index in [1.807, 2.05) is 0 Å². The maximum Gasteiger partial charge on any atom is 0.0271 e. The molecule has 1 rings (SSSR count). The molecule has 102 valence electrons. The molecule has 1 fully saturated rings. The summed E-state index contributed by atoms with van der Waals surface area (Å²) in [5.74, 6) is 0. The average molecular weight is 242 g/mol. The first-order valence-electron chi connectivity index (χ1n) is 6.71. The molecule has 0 aromatic carbocycles. The zero-order chi connectivity index (χ0) is 12.9. The summed E-state index contributed by atoms with van der Waals surface area (Å²) in [5.41, 5.74) is 0.238. The summed E-state index contributed by atoms with van der Waals surface area (Å²) in [4.78, 5) is 7.23. The lowest BCUT2D eigenvalue weighted by Crippen LogP contribution is -2.50. The molecule has 0 aromatic heterocycles. The van der Waals surface area contributed by atoms with Crippen LogP contribution in [0.3, 0.4) is 0 Å². The largest absolute Gasteiger partial charge is 0.314 e. The minimum atomic E-state index is 0.238. The van der Waals surface area contributed by atoms with Gasteiger partial charge in [0.05, 0.1) is 0 Å². The SMILES string of the molecule is CN1CCN(CCNCC(C)(C)N(C)C)CC1. The summed E-state index contributed by atoms with van der Waals surface area (Å²) in [6, 6.07) is 0. The molecule has 0 radical (unpaired) electrons. The standard InChI is InChI=1S/C13H30N4/c1-13(2,15(3)4)12-14-6-7-17-10-8-16(5)9-11-17/h14H,6-12H2,1-5H3. The Kier molecular flexibility index (Phi) is 5.86. The van der Waals surface area contributed by atoms with Crippen LogP contribution in [0.4, 0.5) is 0 Å². The van der Waals surface area contributed by atoms with E-state index in [4.69, 9.17) is 0 Å². The monoisotopic (exact) mass is 242 g/mol. The fourth-order valence-corrected chi connectivity index (χ4v) is 1.86. The molecule has 17 heavy (non-hydrogen) atoms. The number of likely N-dealkylation sites (N-methyl/N-ethyl adjacent to an activating group) is 2. The maximum atomic E-state index is 3.57. The molecular formula is C13H30N4. The first-order valence-corrected chi connectivity index (χ1v) is 6.71. The van der Waals surface area contributed by atoms with Crippen molar-refractivity contribution in [2.45, 2.75) is 19.4 Å². The molecule has 0 atom stereocenters. The van der Waals surface area contributed by atoms with Crippen molar-refractivity contribution in [1.82, 2.24) is 20.0 Å². The third-order valence-corrected chi connectivity index (χ3v) is 3.97. The normalized spacial score (nSPS) is 20.1. The Morgan fingerprint density at radius 3 is 2.24 bits per heavy atom. The van der Waals surface area contributed by atoms with Gasteiger partial charge in [0.15, 0.2) is 0 Å². The topological polar surface area (TPSA) is 21.8 Å². The van der Waals surface area contributed by atoms with Crippen LogP contribution in [-0.2, 0) is 0 Å². The van der Waals surface area contributed by atoms with Crippen LogP contribution in [0.25, 0.3) is 0 Å². The number of hydrogen-bond donors (Lipinski definition) is 1. The van der Waals surface area contributed by atoms with Crippen molar-refractivity contribution in [2.75, 3.05) is 67.0 Å². The van der Waals surface area contributed by atoms with Gasteiger partial charge in [-0.2, -0.15) is 0 Å². The Morgan fingerprint density at radius 2 is 1.71 bits per heavy atom. The molecule has 1 aliphatic rings. The highest BCUT2D eigenvalue weighted by Gasteiger charge is 2.19. The van der Waals surface area contributed by atoms with Crippen LogP contribution >= 0.6 is 0 Å². The summed E-state index contributed by atoms with van der Waals surface area (Å²) in [6.07, 6.45) is 0. The van der Waals surface area contributed by atoms with Gasteiger partial charge in [-0.15, -0.1) is 0 Å². The third kappa shape index (κ3) is 5.34. The van der Waals surface area contributed by atoms with Crippen LogP contribution < -0.4 is 5.32 Å². The van der Waals surface area contributed by atoms with Crippen molar-refractivity contribution >= 4 is 0 Å². The molecular weight excluding hydrogens is 212 g/mol. The Hall–Kier alpha value is -0.160. The fraction of sp³-hybridized carbons (Fsp3) is 1.00. The highest BCUT2D eigenvalue weighted by Crippen LogP contribution is 2.07. The van der Waals surface area contributed by atoms with E-state index in [9.17, 15) is 0 Å². The van der Waals surface area contributed by atoms with Crippen LogP contribution in [0.1, 0.15) is 13.8 Å². The lowest BCUT2D eigenvalue weighted by atomic mass is 10.0. The van der Waals surface area contributed by atoms with E-state index in [2.05, 4.69) is 55.0 Å². The zero-order valence-electron chi connectivity index (χ0n) is 12.3. The van der Waals surface area contributed by atoms with Crippen molar-refractivity contribution < 1.29 is 0 Å². The Labute approximate surface area is 107 Å². The van der Waals surface area contributed by atoms with E-state index in [1.165, 1.54) is 32.7 Å². The van der Waals surface area contributed by atoms with Crippen molar-refractivity contribution in [3.8, 4) is 0 Å². The molecule has 0 aliphatic carbocycles. The first kappa shape index (κ1) is 14.9. The van der Waals surface area contributed by atoms with Gasteiger partial charge in [0.1, 0.15) is 0 Å². The number of rotatable bonds is 6. The van der Waals surface area contributed by atoms with E-state index >= 15 is 0 Å². The van der Waals surface area contributed by atoms with E-state index in [0.29, 0.717) is 0 Å². The van der Waals surface area contributed by atoms with E-state index in [-0.39, 0.29) is 5.54 Å². The quantitative estimate of drug-likeness (QED) is 0.670. The van der Waals surface area contributed by atoms with Crippen molar-refractivity contribution in [3.63, 3.8) is 0 Å². The maximum absolute atomic E-state index is 3.57. The predicted molar refractivity (Wildman–Crippen MR) is 74.6 cm³/mol. The first-order chi connectivity index (χ1) is 7.92. The van der Waals surface area contributed by atoms with Crippen LogP contribution in [0.15, 0.2) is 0 Å². The van der Waals surface area contributed by atoms with Crippen LogP contribution in [0.2, 0.25) is 0 Å². The molecule has 0 saturated carbocycles.